The van der Waals surface area contributed by atoms with E-state index >= 15 is 0 Å². The number of aromatic nitrogens is 2. The fourth-order valence-corrected chi connectivity index (χ4v) is 1.95. The lowest BCUT2D eigenvalue weighted by Gasteiger charge is -2.38. The van der Waals surface area contributed by atoms with Crippen LogP contribution in [0, 0.1) is 0 Å². The van der Waals surface area contributed by atoms with E-state index in [1.165, 1.54) is 0 Å². The lowest BCUT2D eigenvalue weighted by atomic mass is 10.1. The van der Waals surface area contributed by atoms with Crippen LogP contribution in [0.15, 0.2) is 12.3 Å². The van der Waals surface area contributed by atoms with Gasteiger partial charge in [0.2, 0.25) is 5.95 Å². The van der Waals surface area contributed by atoms with Crippen molar-refractivity contribution in [3.8, 4) is 0 Å². The van der Waals surface area contributed by atoms with Crippen molar-refractivity contribution in [2.75, 3.05) is 31.7 Å². The van der Waals surface area contributed by atoms with Crippen molar-refractivity contribution in [2.45, 2.75) is 26.1 Å². The van der Waals surface area contributed by atoms with E-state index in [0.29, 0.717) is 13.2 Å². The number of nitrogens with zero attached hydrogens (tertiary/aromatic N) is 3. The summed E-state index contributed by atoms with van der Waals surface area (Å²) >= 11 is 0. The van der Waals surface area contributed by atoms with Crippen molar-refractivity contribution >= 4 is 5.95 Å². The monoisotopic (exact) mass is 237 g/mol. The van der Waals surface area contributed by atoms with Gasteiger partial charge in [0.05, 0.1) is 24.5 Å². The minimum Gasteiger partial charge on any atom is -0.378 e. The molecule has 0 unspecified atom stereocenters. The number of hydrogen-bond acceptors (Lipinski definition) is 5. The van der Waals surface area contributed by atoms with Gasteiger partial charge in [0.15, 0.2) is 0 Å². The molecule has 0 N–H and O–H groups in total. The van der Waals surface area contributed by atoms with Gasteiger partial charge >= 0.3 is 0 Å². The summed E-state index contributed by atoms with van der Waals surface area (Å²) in [5.74, 6) is 0.760. The lowest BCUT2D eigenvalue weighted by molar-refractivity contribution is -0.0281. The van der Waals surface area contributed by atoms with Gasteiger partial charge in [-0.05, 0) is 19.9 Å². The molecule has 1 saturated heterocycles. The highest BCUT2D eigenvalue weighted by atomic mass is 16.5. The standard InChI is InChI=1S/C12H19N3O2/c1-12(2)9-15(6-7-17-12)11-13-5-4-10(14-11)8-16-3/h4-5H,6-9H2,1-3H3. The molecule has 0 amide bonds. The third kappa shape index (κ3) is 3.14. The van der Waals surface area contributed by atoms with E-state index in [4.69, 9.17) is 9.47 Å². The van der Waals surface area contributed by atoms with Gasteiger partial charge in [0.1, 0.15) is 0 Å². The Morgan fingerprint density at radius 3 is 3.06 bits per heavy atom. The van der Waals surface area contributed by atoms with Crippen molar-refractivity contribution in [3.05, 3.63) is 18.0 Å². The van der Waals surface area contributed by atoms with Gasteiger partial charge in [0, 0.05) is 26.4 Å². The molecular formula is C12H19N3O2. The Labute approximate surface area is 102 Å². The molecule has 0 atom stereocenters. The Hall–Kier alpha value is -1.20. The number of ether oxygens (including phenoxy) is 2. The minimum atomic E-state index is -0.140. The highest BCUT2D eigenvalue weighted by Crippen LogP contribution is 2.20. The topological polar surface area (TPSA) is 47.5 Å². The molecule has 94 valence electrons. The molecule has 0 radical (unpaired) electrons. The summed E-state index contributed by atoms with van der Waals surface area (Å²) in [6, 6.07) is 1.87. The molecular weight excluding hydrogens is 218 g/mol. The highest BCUT2D eigenvalue weighted by molar-refractivity contribution is 5.31. The van der Waals surface area contributed by atoms with Gasteiger partial charge in [0.25, 0.3) is 0 Å². The second-order valence-corrected chi connectivity index (χ2v) is 4.81. The third-order valence-corrected chi connectivity index (χ3v) is 2.70. The van der Waals surface area contributed by atoms with E-state index in [1.54, 1.807) is 13.3 Å². The van der Waals surface area contributed by atoms with Gasteiger partial charge in [-0.2, -0.15) is 0 Å². The maximum Gasteiger partial charge on any atom is 0.225 e. The first-order valence-electron chi connectivity index (χ1n) is 5.80. The average Bonchev–Trinajstić information content (AvgIpc) is 2.28. The molecule has 1 aliphatic heterocycles. The highest BCUT2D eigenvalue weighted by Gasteiger charge is 2.28. The summed E-state index contributed by atoms with van der Waals surface area (Å²) < 4.78 is 10.8. The Morgan fingerprint density at radius 1 is 1.53 bits per heavy atom. The minimum absolute atomic E-state index is 0.140. The molecule has 0 spiro atoms. The maximum atomic E-state index is 5.67. The van der Waals surface area contributed by atoms with Gasteiger partial charge < -0.3 is 14.4 Å². The third-order valence-electron chi connectivity index (χ3n) is 2.70. The van der Waals surface area contributed by atoms with Crippen LogP contribution in [0.4, 0.5) is 5.95 Å². The summed E-state index contributed by atoms with van der Waals surface area (Å²) in [4.78, 5) is 11.0. The Kier molecular flexibility index (Phi) is 3.59. The first-order chi connectivity index (χ1) is 8.11. The zero-order chi connectivity index (χ0) is 12.3. The van der Waals surface area contributed by atoms with Crippen molar-refractivity contribution in [1.82, 2.24) is 9.97 Å². The maximum absolute atomic E-state index is 5.67. The first-order valence-corrected chi connectivity index (χ1v) is 5.80. The molecule has 5 heteroatoms. The summed E-state index contributed by atoms with van der Waals surface area (Å²) in [6.45, 7) is 7.04. The normalized spacial score (nSPS) is 19.4. The molecule has 1 aromatic rings. The fourth-order valence-electron chi connectivity index (χ4n) is 1.95. The van der Waals surface area contributed by atoms with Gasteiger partial charge in [-0.3, -0.25) is 0 Å². The van der Waals surface area contributed by atoms with Crippen LogP contribution in [0.25, 0.3) is 0 Å². The van der Waals surface area contributed by atoms with Crippen LogP contribution < -0.4 is 4.90 Å². The second kappa shape index (κ2) is 4.98. The van der Waals surface area contributed by atoms with Crippen LogP contribution in [-0.4, -0.2) is 42.4 Å². The van der Waals surface area contributed by atoms with Crippen molar-refractivity contribution in [1.29, 1.82) is 0 Å². The molecule has 1 aromatic heterocycles. The Bertz CT molecular complexity index is 382. The number of morpholine rings is 1. The number of rotatable bonds is 3. The van der Waals surface area contributed by atoms with Crippen LogP contribution in [0.5, 0.6) is 0 Å². The van der Waals surface area contributed by atoms with Crippen molar-refractivity contribution in [2.24, 2.45) is 0 Å². The molecule has 0 bridgehead atoms. The van der Waals surface area contributed by atoms with E-state index < -0.39 is 0 Å². The van der Waals surface area contributed by atoms with Gasteiger partial charge in [-0.15, -0.1) is 0 Å². The van der Waals surface area contributed by atoms with Crippen LogP contribution in [0.3, 0.4) is 0 Å². The predicted molar refractivity (Wildman–Crippen MR) is 65.0 cm³/mol. The largest absolute Gasteiger partial charge is 0.378 e. The zero-order valence-corrected chi connectivity index (χ0v) is 10.6. The van der Waals surface area contributed by atoms with Crippen LogP contribution in [0.1, 0.15) is 19.5 Å². The summed E-state index contributed by atoms with van der Waals surface area (Å²) in [5.41, 5.74) is 0.764. The first kappa shape index (κ1) is 12.3. The average molecular weight is 237 g/mol. The van der Waals surface area contributed by atoms with E-state index in [1.807, 2.05) is 6.07 Å². The Balaban J connectivity index is 2.13. The second-order valence-electron chi connectivity index (χ2n) is 4.81. The molecule has 5 nitrogen and oxygen atoms in total. The van der Waals surface area contributed by atoms with E-state index in [9.17, 15) is 0 Å². The molecule has 1 aliphatic rings. The molecule has 2 heterocycles. The molecule has 0 saturated carbocycles. The zero-order valence-electron chi connectivity index (χ0n) is 10.6. The fraction of sp³-hybridized carbons (Fsp3) is 0.667. The summed E-state index contributed by atoms with van der Waals surface area (Å²) in [7, 11) is 1.67. The van der Waals surface area contributed by atoms with Crippen LogP contribution >= 0.6 is 0 Å². The van der Waals surface area contributed by atoms with E-state index in [0.717, 1.165) is 24.7 Å². The summed E-state index contributed by atoms with van der Waals surface area (Å²) in [6.07, 6.45) is 1.78. The number of hydrogen-bond donors (Lipinski definition) is 0. The van der Waals surface area contributed by atoms with Crippen LogP contribution in [-0.2, 0) is 16.1 Å². The van der Waals surface area contributed by atoms with Crippen molar-refractivity contribution in [3.63, 3.8) is 0 Å². The predicted octanol–water partition coefficient (Wildman–Crippen LogP) is 1.24. The molecule has 0 aliphatic carbocycles. The summed E-state index contributed by atoms with van der Waals surface area (Å²) in [5, 5.41) is 0. The quantitative estimate of drug-likeness (QED) is 0.791. The lowest BCUT2D eigenvalue weighted by Crippen LogP contribution is -2.49. The van der Waals surface area contributed by atoms with Gasteiger partial charge in [-0.1, -0.05) is 0 Å². The Morgan fingerprint density at radius 2 is 2.35 bits per heavy atom. The smallest absolute Gasteiger partial charge is 0.225 e. The number of methoxy groups -OCH3 is 1. The van der Waals surface area contributed by atoms with E-state index in [2.05, 4.69) is 28.7 Å². The molecule has 0 aromatic carbocycles. The number of anilines is 1. The molecule has 2 rings (SSSR count). The van der Waals surface area contributed by atoms with E-state index in [-0.39, 0.29) is 5.60 Å². The van der Waals surface area contributed by atoms with Gasteiger partial charge in [-0.25, -0.2) is 9.97 Å². The van der Waals surface area contributed by atoms with Crippen molar-refractivity contribution < 1.29 is 9.47 Å². The van der Waals surface area contributed by atoms with Crippen LogP contribution in [0.2, 0.25) is 0 Å². The SMILES string of the molecule is COCc1ccnc(N2CCOC(C)(C)C2)n1. The molecule has 1 fully saturated rings. The molecule has 17 heavy (non-hydrogen) atoms.